The maximum absolute atomic E-state index is 11.9. The van der Waals surface area contributed by atoms with Gasteiger partial charge in [0.15, 0.2) is 11.5 Å². The first-order valence-electron chi connectivity index (χ1n) is 6.63. The molecular weight excluding hydrogens is 324 g/mol. The van der Waals surface area contributed by atoms with E-state index in [2.05, 4.69) is 15.9 Å². The molecule has 1 aromatic rings. The molecule has 1 aliphatic rings. The molecule has 0 atom stereocenters. The lowest BCUT2D eigenvalue weighted by atomic mass is 9.76. The minimum Gasteiger partial charge on any atom is -0.493 e. The van der Waals surface area contributed by atoms with Gasteiger partial charge in [0.05, 0.1) is 19.6 Å². The normalized spacial score (nSPS) is 17.0. The van der Waals surface area contributed by atoms with Crippen molar-refractivity contribution in [2.75, 3.05) is 14.2 Å². The van der Waals surface area contributed by atoms with Crippen molar-refractivity contribution in [3.8, 4) is 11.5 Å². The lowest BCUT2D eigenvalue weighted by Crippen LogP contribution is -2.34. The molecule has 0 bridgehead atoms. The number of carboxylic acids is 1. The number of ether oxygens (including phenoxy) is 2. The van der Waals surface area contributed by atoms with Crippen LogP contribution in [0.3, 0.4) is 0 Å². The third kappa shape index (κ3) is 2.18. The summed E-state index contributed by atoms with van der Waals surface area (Å²) in [5.41, 5.74) is 0.839. The first kappa shape index (κ1) is 15.2. The summed E-state index contributed by atoms with van der Waals surface area (Å²) in [6, 6.07) is 1.80. The van der Waals surface area contributed by atoms with Gasteiger partial charge >= 0.3 is 5.97 Å². The molecule has 1 N–H and O–H groups in total. The molecule has 4 nitrogen and oxygen atoms in total. The third-order valence-corrected chi connectivity index (χ3v) is 4.83. The molecule has 0 spiro atoms. The second-order valence-corrected chi connectivity index (χ2v) is 6.04. The molecular formula is C15H19BrO4. The molecule has 20 heavy (non-hydrogen) atoms. The molecule has 110 valence electrons. The molecule has 1 aromatic carbocycles. The molecule has 0 radical (unpaired) electrons. The standard InChI is InChI=1S/C15H19BrO4/c1-9-12(15(14(17)18)6-4-5-7-15)10(16)8-11(19-2)13(9)20-3/h8H,4-7H2,1-3H3,(H,17,18). The summed E-state index contributed by atoms with van der Waals surface area (Å²) in [6.07, 6.45) is 3.20. The van der Waals surface area contributed by atoms with E-state index in [1.54, 1.807) is 20.3 Å². The number of hydrogen-bond donors (Lipinski definition) is 1. The maximum Gasteiger partial charge on any atom is 0.314 e. The second kappa shape index (κ2) is 5.64. The van der Waals surface area contributed by atoms with Crippen molar-refractivity contribution in [3.05, 3.63) is 21.7 Å². The van der Waals surface area contributed by atoms with E-state index in [1.807, 2.05) is 6.92 Å². The average molecular weight is 343 g/mol. The predicted molar refractivity (Wildman–Crippen MR) is 79.8 cm³/mol. The number of carboxylic acid groups (broad SMARTS) is 1. The van der Waals surface area contributed by atoms with Crippen LogP contribution in [0.15, 0.2) is 10.5 Å². The summed E-state index contributed by atoms with van der Waals surface area (Å²) < 4.78 is 11.5. The minimum atomic E-state index is -0.817. The highest BCUT2D eigenvalue weighted by Gasteiger charge is 2.45. The van der Waals surface area contributed by atoms with Crippen LogP contribution in [0.1, 0.15) is 36.8 Å². The Labute approximate surface area is 127 Å². The molecule has 1 fully saturated rings. The number of hydrogen-bond acceptors (Lipinski definition) is 3. The smallest absolute Gasteiger partial charge is 0.314 e. The molecule has 0 heterocycles. The van der Waals surface area contributed by atoms with Crippen LogP contribution in [0, 0.1) is 6.92 Å². The van der Waals surface area contributed by atoms with Crippen molar-refractivity contribution in [2.24, 2.45) is 0 Å². The molecule has 0 aromatic heterocycles. The Hall–Kier alpha value is -1.23. The van der Waals surface area contributed by atoms with Gasteiger partial charge in [-0.2, -0.15) is 0 Å². The van der Waals surface area contributed by atoms with Crippen LogP contribution in [0.4, 0.5) is 0 Å². The van der Waals surface area contributed by atoms with E-state index in [-0.39, 0.29) is 0 Å². The van der Waals surface area contributed by atoms with Crippen LogP contribution in [-0.4, -0.2) is 25.3 Å². The van der Waals surface area contributed by atoms with E-state index in [1.165, 1.54) is 0 Å². The van der Waals surface area contributed by atoms with Gasteiger partial charge in [0.2, 0.25) is 0 Å². The highest BCUT2D eigenvalue weighted by molar-refractivity contribution is 9.10. The van der Waals surface area contributed by atoms with E-state index >= 15 is 0 Å². The second-order valence-electron chi connectivity index (χ2n) is 5.19. The largest absolute Gasteiger partial charge is 0.493 e. The summed E-state index contributed by atoms with van der Waals surface area (Å²) in [5, 5.41) is 9.76. The summed E-state index contributed by atoms with van der Waals surface area (Å²) in [5.74, 6) is 0.461. The molecule has 1 saturated carbocycles. The molecule has 0 amide bonds. The van der Waals surface area contributed by atoms with Crippen molar-refractivity contribution in [1.82, 2.24) is 0 Å². The molecule has 0 unspecified atom stereocenters. The monoisotopic (exact) mass is 342 g/mol. The number of aliphatic carboxylic acids is 1. The van der Waals surface area contributed by atoms with Gasteiger partial charge in [-0.1, -0.05) is 28.8 Å². The predicted octanol–water partition coefficient (Wildman–Crippen LogP) is 3.67. The van der Waals surface area contributed by atoms with Crippen molar-refractivity contribution in [1.29, 1.82) is 0 Å². The topological polar surface area (TPSA) is 55.8 Å². The Balaban J connectivity index is 2.70. The van der Waals surface area contributed by atoms with Gasteiger partial charge in [0.25, 0.3) is 0 Å². The lowest BCUT2D eigenvalue weighted by molar-refractivity contribution is -0.143. The van der Waals surface area contributed by atoms with Gasteiger partial charge in [-0.3, -0.25) is 4.79 Å². The van der Waals surface area contributed by atoms with Crippen molar-refractivity contribution >= 4 is 21.9 Å². The van der Waals surface area contributed by atoms with Crippen LogP contribution in [-0.2, 0) is 10.2 Å². The van der Waals surface area contributed by atoms with E-state index < -0.39 is 11.4 Å². The Morgan fingerprint density at radius 2 is 1.90 bits per heavy atom. The number of rotatable bonds is 4. The van der Waals surface area contributed by atoms with E-state index in [9.17, 15) is 9.90 Å². The third-order valence-electron chi connectivity index (χ3n) is 4.21. The zero-order valence-electron chi connectivity index (χ0n) is 12.0. The summed E-state index contributed by atoms with van der Waals surface area (Å²) in [4.78, 5) is 11.9. The molecule has 0 saturated heterocycles. The summed E-state index contributed by atoms with van der Waals surface area (Å²) >= 11 is 3.52. The van der Waals surface area contributed by atoms with Gasteiger partial charge in [-0.25, -0.2) is 0 Å². The van der Waals surface area contributed by atoms with E-state index in [4.69, 9.17) is 9.47 Å². The van der Waals surface area contributed by atoms with Gasteiger partial charge in [-0.05, 0) is 31.4 Å². The number of benzene rings is 1. The van der Waals surface area contributed by atoms with Gasteiger partial charge in [-0.15, -0.1) is 0 Å². The first-order chi connectivity index (χ1) is 9.47. The number of methoxy groups -OCH3 is 2. The Bertz CT molecular complexity index is 533. The van der Waals surface area contributed by atoms with Crippen LogP contribution in [0.25, 0.3) is 0 Å². The van der Waals surface area contributed by atoms with E-state index in [0.717, 1.165) is 28.4 Å². The highest BCUT2D eigenvalue weighted by atomic mass is 79.9. The van der Waals surface area contributed by atoms with Crippen LogP contribution >= 0.6 is 15.9 Å². The number of halogens is 1. The fourth-order valence-electron chi connectivity index (χ4n) is 3.27. The van der Waals surface area contributed by atoms with Gasteiger partial charge < -0.3 is 14.6 Å². The van der Waals surface area contributed by atoms with Gasteiger partial charge in [0.1, 0.15) is 0 Å². The van der Waals surface area contributed by atoms with E-state index in [0.29, 0.717) is 24.3 Å². The Kier molecular flexibility index (Phi) is 4.28. The fourth-order valence-corrected chi connectivity index (χ4v) is 4.16. The van der Waals surface area contributed by atoms with Crippen LogP contribution < -0.4 is 9.47 Å². The SMILES string of the molecule is COc1cc(Br)c(C2(C(=O)O)CCCC2)c(C)c1OC. The first-order valence-corrected chi connectivity index (χ1v) is 7.42. The van der Waals surface area contributed by atoms with Crippen molar-refractivity contribution < 1.29 is 19.4 Å². The van der Waals surface area contributed by atoms with Crippen LogP contribution in [0.5, 0.6) is 11.5 Å². The average Bonchev–Trinajstić information content (AvgIpc) is 2.88. The molecule has 1 aliphatic carbocycles. The number of carbonyl (C=O) groups is 1. The fraction of sp³-hybridized carbons (Fsp3) is 0.533. The van der Waals surface area contributed by atoms with Gasteiger partial charge in [0, 0.05) is 10.0 Å². The van der Waals surface area contributed by atoms with Crippen molar-refractivity contribution in [2.45, 2.75) is 38.0 Å². The van der Waals surface area contributed by atoms with Crippen LogP contribution in [0.2, 0.25) is 0 Å². The Morgan fingerprint density at radius 1 is 1.30 bits per heavy atom. The van der Waals surface area contributed by atoms with Crippen molar-refractivity contribution in [3.63, 3.8) is 0 Å². The maximum atomic E-state index is 11.9. The highest BCUT2D eigenvalue weighted by Crippen LogP contribution is 2.49. The molecule has 5 heteroatoms. The summed E-state index contributed by atoms with van der Waals surface area (Å²) in [7, 11) is 3.15. The Morgan fingerprint density at radius 3 is 2.35 bits per heavy atom. The zero-order valence-corrected chi connectivity index (χ0v) is 13.5. The summed E-state index contributed by atoms with van der Waals surface area (Å²) in [6.45, 7) is 1.89. The lowest BCUT2D eigenvalue weighted by Gasteiger charge is -2.29. The minimum absolute atomic E-state index is 0.609. The molecule has 0 aliphatic heterocycles. The quantitative estimate of drug-likeness (QED) is 0.906. The molecule has 2 rings (SSSR count). The zero-order chi connectivity index (χ0) is 14.9.